The molecule has 0 unspecified atom stereocenters. The molecule has 110 valence electrons. The van der Waals surface area contributed by atoms with E-state index in [9.17, 15) is 18.0 Å². The number of rotatable bonds is 2. The second-order valence-electron chi connectivity index (χ2n) is 5.03. The van der Waals surface area contributed by atoms with Gasteiger partial charge in [-0.2, -0.15) is 13.2 Å². The third-order valence-corrected chi connectivity index (χ3v) is 3.39. The lowest BCUT2D eigenvalue weighted by Crippen LogP contribution is -2.51. The predicted octanol–water partition coefficient (Wildman–Crippen LogP) is 2.07. The van der Waals surface area contributed by atoms with Gasteiger partial charge >= 0.3 is 6.18 Å². The van der Waals surface area contributed by atoms with Crippen LogP contribution in [0.3, 0.4) is 0 Å². The van der Waals surface area contributed by atoms with Crippen molar-refractivity contribution in [2.75, 3.05) is 19.6 Å². The Balaban J connectivity index is 2.12. The molecule has 3 nitrogen and oxygen atoms in total. The molecule has 20 heavy (non-hydrogen) atoms. The van der Waals surface area contributed by atoms with Crippen LogP contribution in [-0.4, -0.2) is 36.5 Å². The summed E-state index contributed by atoms with van der Waals surface area (Å²) >= 11 is 0. The van der Waals surface area contributed by atoms with Crippen molar-refractivity contribution in [3.05, 3.63) is 35.4 Å². The minimum atomic E-state index is -4.42. The van der Waals surface area contributed by atoms with Gasteiger partial charge in [0.2, 0.25) is 5.91 Å². The SMILES string of the molecule is C[C@H]1CN(C(=O)Cc2ccccc2C(F)(F)F)CCN1. The number of nitrogens with one attached hydrogen (secondary N) is 1. The highest BCUT2D eigenvalue weighted by Gasteiger charge is 2.33. The Morgan fingerprint density at radius 3 is 2.75 bits per heavy atom. The van der Waals surface area contributed by atoms with Crippen LogP contribution in [0.2, 0.25) is 0 Å². The second kappa shape index (κ2) is 5.83. The summed E-state index contributed by atoms with van der Waals surface area (Å²) in [6.45, 7) is 3.70. The molecular formula is C14H17F3N2O. The Morgan fingerprint density at radius 2 is 2.10 bits per heavy atom. The second-order valence-corrected chi connectivity index (χ2v) is 5.03. The largest absolute Gasteiger partial charge is 0.416 e. The molecule has 0 spiro atoms. The normalized spacial score (nSPS) is 20.0. The first-order chi connectivity index (χ1) is 9.38. The van der Waals surface area contributed by atoms with Gasteiger partial charge in [0.1, 0.15) is 0 Å². The van der Waals surface area contributed by atoms with Crippen LogP contribution >= 0.6 is 0 Å². The van der Waals surface area contributed by atoms with Crippen LogP contribution in [0.1, 0.15) is 18.1 Å². The first-order valence-electron chi connectivity index (χ1n) is 6.54. The topological polar surface area (TPSA) is 32.3 Å². The maximum Gasteiger partial charge on any atom is 0.416 e. The van der Waals surface area contributed by atoms with Crippen molar-refractivity contribution in [3.8, 4) is 0 Å². The number of benzene rings is 1. The van der Waals surface area contributed by atoms with Gasteiger partial charge in [0.15, 0.2) is 0 Å². The average molecular weight is 286 g/mol. The van der Waals surface area contributed by atoms with E-state index in [4.69, 9.17) is 0 Å². The third-order valence-electron chi connectivity index (χ3n) is 3.39. The fourth-order valence-electron chi connectivity index (χ4n) is 2.38. The van der Waals surface area contributed by atoms with Gasteiger partial charge in [-0.15, -0.1) is 0 Å². The molecule has 6 heteroatoms. The first kappa shape index (κ1) is 14.8. The summed E-state index contributed by atoms with van der Waals surface area (Å²) in [7, 11) is 0. The molecule has 1 N–H and O–H groups in total. The summed E-state index contributed by atoms with van der Waals surface area (Å²) in [5.74, 6) is -0.255. The quantitative estimate of drug-likeness (QED) is 0.902. The Hall–Kier alpha value is -1.56. The molecular weight excluding hydrogens is 269 g/mol. The fourth-order valence-corrected chi connectivity index (χ4v) is 2.38. The minimum absolute atomic E-state index is 0.0381. The molecule has 1 atom stereocenters. The van der Waals surface area contributed by atoms with Gasteiger partial charge in [0.25, 0.3) is 0 Å². The fraction of sp³-hybridized carbons (Fsp3) is 0.500. The lowest BCUT2D eigenvalue weighted by Gasteiger charge is -2.32. The molecule has 1 aromatic carbocycles. The molecule has 1 saturated heterocycles. The van der Waals surface area contributed by atoms with Crippen LogP contribution in [0.5, 0.6) is 0 Å². The molecule has 0 aromatic heterocycles. The van der Waals surface area contributed by atoms with Crippen LogP contribution in [0, 0.1) is 0 Å². The van der Waals surface area contributed by atoms with E-state index in [0.717, 1.165) is 6.07 Å². The van der Waals surface area contributed by atoms with Crippen molar-refractivity contribution >= 4 is 5.91 Å². The number of hydrogen-bond acceptors (Lipinski definition) is 2. The van der Waals surface area contributed by atoms with Crippen molar-refractivity contribution in [1.82, 2.24) is 10.2 Å². The number of nitrogens with zero attached hydrogens (tertiary/aromatic N) is 1. The summed E-state index contributed by atoms with van der Waals surface area (Å²) in [5.41, 5.74) is -0.687. The van der Waals surface area contributed by atoms with E-state index in [2.05, 4.69) is 5.32 Å². The Labute approximate surface area is 115 Å². The smallest absolute Gasteiger partial charge is 0.340 e. The number of amides is 1. The highest BCUT2D eigenvalue weighted by atomic mass is 19.4. The summed E-state index contributed by atoms with van der Waals surface area (Å²) in [6, 6.07) is 5.42. The van der Waals surface area contributed by atoms with E-state index in [1.807, 2.05) is 6.92 Å². The number of carbonyl (C=O) groups is 1. The van der Waals surface area contributed by atoms with Crippen LogP contribution in [0.15, 0.2) is 24.3 Å². The third kappa shape index (κ3) is 3.50. The van der Waals surface area contributed by atoms with Crippen molar-refractivity contribution in [2.24, 2.45) is 0 Å². The standard InChI is InChI=1S/C14H17F3N2O/c1-10-9-19(7-6-18-10)13(20)8-11-4-2-3-5-12(11)14(15,16)17/h2-5,10,18H,6-9H2,1H3/t10-/m0/s1. The molecule has 1 fully saturated rings. The van der Waals surface area contributed by atoms with E-state index < -0.39 is 11.7 Å². The number of carbonyl (C=O) groups excluding carboxylic acids is 1. The minimum Gasteiger partial charge on any atom is -0.340 e. The van der Waals surface area contributed by atoms with Crippen molar-refractivity contribution in [1.29, 1.82) is 0 Å². The van der Waals surface area contributed by atoms with Crippen molar-refractivity contribution < 1.29 is 18.0 Å². The highest BCUT2D eigenvalue weighted by Crippen LogP contribution is 2.32. The monoisotopic (exact) mass is 286 g/mol. The maximum absolute atomic E-state index is 12.9. The summed E-state index contributed by atoms with van der Waals surface area (Å²) in [6.07, 6.45) is -4.63. The van der Waals surface area contributed by atoms with E-state index in [0.29, 0.717) is 19.6 Å². The molecule has 1 heterocycles. The van der Waals surface area contributed by atoms with Crippen LogP contribution in [0.4, 0.5) is 13.2 Å². The molecule has 1 amide bonds. The molecule has 1 aliphatic heterocycles. The van der Waals surface area contributed by atoms with Gasteiger partial charge in [-0.25, -0.2) is 0 Å². The zero-order valence-electron chi connectivity index (χ0n) is 11.2. The number of piperazine rings is 1. The van der Waals surface area contributed by atoms with Gasteiger partial charge in [-0.05, 0) is 18.6 Å². The Morgan fingerprint density at radius 1 is 1.40 bits per heavy atom. The van der Waals surface area contributed by atoms with Crippen LogP contribution in [0.25, 0.3) is 0 Å². The van der Waals surface area contributed by atoms with Crippen molar-refractivity contribution in [3.63, 3.8) is 0 Å². The zero-order valence-corrected chi connectivity index (χ0v) is 11.2. The number of alkyl halides is 3. The summed E-state index contributed by atoms with van der Waals surface area (Å²) in [5, 5.41) is 3.19. The molecule has 2 rings (SSSR count). The van der Waals surface area contributed by atoms with E-state index in [1.165, 1.54) is 18.2 Å². The summed E-state index contributed by atoms with van der Waals surface area (Å²) in [4.78, 5) is 13.7. The van der Waals surface area contributed by atoms with Gasteiger partial charge in [0, 0.05) is 25.7 Å². The predicted molar refractivity (Wildman–Crippen MR) is 69.2 cm³/mol. The van der Waals surface area contributed by atoms with E-state index in [-0.39, 0.29) is 23.9 Å². The number of hydrogen-bond donors (Lipinski definition) is 1. The van der Waals surface area contributed by atoms with E-state index >= 15 is 0 Å². The lowest BCUT2D eigenvalue weighted by molar-refractivity contribution is -0.138. The Bertz CT molecular complexity index is 488. The van der Waals surface area contributed by atoms with E-state index in [1.54, 1.807) is 4.90 Å². The van der Waals surface area contributed by atoms with Gasteiger partial charge < -0.3 is 10.2 Å². The molecule has 1 aromatic rings. The zero-order chi connectivity index (χ0) is 14.8. The molecule has 0 radical (unpaired) electrons. The molecule has 1 aliphatic rings. The first-order valence-corrected chi connectivity index (χ1v) is 6.54. The molecule has 0 aliphatic carbocycles. The number of halogens is 3. The van der Waals surface area contributed by atoms with Gasteiger partial charge in [-0.1, -0.05) is 18.2 Å². The van der Waals surface area contributed by atoms with Crippen molar-refractivity contribution in [2.45, 2.75) is 25.6 Å². The molecule has 0 bridgehead atoms. The van der Waals surface area contributed by atoms with Crippen LogP contribution in [-0.2, 0) is 17.4 Å². The van der Waals surface area contributed by atoms with Crippen LogP contribution < -0.4 is 5.32 Å². The van der Waals surface area contributed by atoms with Gasteiger partial charge in [-0.3, -0.25) is 4.79 Å². The highest BCUT2D eigenvalue weighted by molar-refractivity contribution is 5.79. The van der Waals surface area contributed by atoms with Gasteiger partial charge in [0.05, 0.1) is 12.0 Å². The summed E-state index contributed by atoms with van der Waals surface area (Å²) < 4.78 is 38.6. The molecule has 0 saturated carbocycles. The lowest BCUT2D eigenvalue weighted by atomic mass is 10.0. The Kier molecular flexibility index (Phi) is 4.32. The maximum atomic E-state index is 12.9. The average Bonchev–Trinajstić information content (AvgIpc) is 2.38.